The van der Waals surface area contributed by atoms with Gasteiger partial charge in [-0.3, -0.25) is 9.59 Å². The second kappa shape index (κ2) is 6.45. The molecule has 1 saturated heterocycles. The molecule has 138 valence electrons. The van der Waals surface area contributed by atoms with Gasteiger partial charge in [0.15, 0.2) is 0 Å². The van der Waals surface area contributed by atoms with E-state index in [9.17, 15) is 9.59 Å². The van der Waals surface area contributed by atoms with E-state index < -0.39 is 0 Å². The second-order valence-electron chi connectivity index (χ2n) is 8.12. The number of rotatable bonds is 3. The van der Waals surface area contributed by atoms with Gasteiger partial charge in [0.25, 0.3) is 0 Å². The molecule has 1 aromatic heterocycles. The molecule has 4 rings (SSSR count). The number of carbonyl (C=O) groups excluding carboxylic acids is 2. The first kappa shape index (κ1) is 17.1. The van der Waals surface area contributed by atoms with E-state index in [0.717, 1.165) is 19.3 Å². The average molecular weight is 353 g/mol. The van der Waals surface area contributed by atoms with Crippen LogP contribution in [0.2, 0.25) is 0 Å². The average Bonchev–Trinajstić information content (AvgIpc) is 3.15. The van der Waals surface area contributed by atoms with Crippen molar-refractivity contribution in [3.8, 4) is 0 Å². The first-order valence-electron chi connectivity index (χ1n) is 9.62. The number of benzene rings is 1. The molecule has 1 fully saturated rings. The maximum Gasteiger partial charge on any atom is 0.225 e. The number of fused-ring (bicyclic) bond motifs is 3. The number of hydrogen-bond acceptors (Lipinski definition) is 2. The first-order chi connectivity index (χ1) is 12.4. The van der Waals surface area contributed by atoms with E-state index in [1.165, 1.54) is 27.7 Å². The molecule has 0 saturated carbocycles. The lowest BCUT2D eigenvalue weighted by atomic mass is 9.91. The van der Waals surface area contributed by atoms with Gasteiger partial charge in [0.1, 0.15) is 0 Å². The number of nitrogens with one attached hydrogen (secondary N) is 2. The summed E-state index contributed by atoms with van der Waals surface area (Å²) in [5.41, 5.74) is 5.10. The number of H-pyrrole nitrogens is 1. The number of aromatic amines is 1. The minimum Gasteiger partial charge on any atom is -0.358 e. The maximum absolute atomic E-state index is 12.7. The van der Waals surface area contributed by atoms with E-state index in [1.54, 1.807) is 0 Å². The van der Waals surface area contributed by atoms with Crippen molar-refractivity contribution in [2.45, 2.75) is 58.5 Å². The van der Waals surface area contributed by atoms with Gasteiger partial charge in [-0.15, -0.1) is 0 Å². The lowest BCUT2D eigenvalue weighted by molar-refractivity contribution is -0.130. The Morgan fingerprint density at radius 3 is 2.85 bits per heavy atom. The van der Waals surface area contributed by atoms with E-state index in [1.807, 2.05) is 18.7 Å². The fourth-order valence-corrected chi connectivity index (χ4v) is 4.39. The predicted molar refractivity (Wildman–Crippen MR) is 102 cm³/mol. The van der Waals surface area contributed by atoms with Crippen LogP contribution in [-0.4, -0.2) is 40.3 Å². The molecule has 5 heteroatoms. The van der Waals surface area contributed by atoms with Gasteiger partial charge in [-0.1, -0.05) is 11.6 Å². The summed E-state index contributed by atoms with van der Waals surface area (Å²) in [7, 11) is 0. The Hall–Kier alpha value is -2.30. The van der Waals surface area contributed by atoms with Gasteiger partial charge in [0.2, 0.25) is 11.8 Å². The van der Waals surface area contributed by atoms with Gasteiger partial charge in [0, 0.05) is 48.1 Å². The molecule has 2 amide bonds. The summed E-state index contributed by atoms with van der Waals surface area (Å²) < 4.78 is 0. The number of hydrogen-bond donors (Lipinski definition) is 2. The van der Waals surface area contributed by atoms with Crippen molar-refractivity contribution in [1.29, 1.82) is 0 Å². The number of likely N-dealkylation sites (tertiary alicyclic amines) is 1. The predicted octanol–water partition coefficient (Wildman–Crippen LogP) is 2.71. The second-order valence-corrected chi connectivity index (χ2v) is 8.12. The zero-order valence-electron chi connectivity index (χ0n) is 15.8. The molecule has 2 heterocycles. The first-order valence-corrected chi connectivity index (χ1v) is 9.62. The number of nitrogens with zero attached hydrogens (tertiary/aromatic N) is 1. The van der Waals surface area contributed by atoms with Crippen LogP contribution in [0.25, 0.3) is 10.9 Å². The van der Waals surface area contributed by atoms with E-state index >= 15 is 0 Å². The van der Waals surface area contributed by atoms with Gasteiger partial charge < -0.3 is 15.2 Å². The van der Waals surface area contributed by atoms with Crippen molar-refractivity contribution < 1.29 is 9.59 Å². The van der Waals surface area contributed by atoms with Crippen LogP contribution < -0.4 is 5.32 Å². The van der Waals surface area contributed by atoms with Gasteiger partial charge in [-0.2, -0.15) is 0 Å². The SMILES string of the molecule is Cc1ccc2[nH]c3c(c2c1)CCC(NC(=O)C1CC(=O)N(C(C)C)C1)C3. The third kappa shape index (κ3) is 3.00. The highest BCUT2D eigenvalue weighted by molar-refractivity contribution is 5.90. The summed E-state index contributed by atoms with van der Waals surface area (Å²) >= 11 is 0. The Labute approximate surface area is 154 Å². The Bertz CT molecular complexity index is 868. The molecule has 5 nitrogen and oxygen atoms in total. The van der Waals surface area contributed by atoms with Gasteiger partial charge >= 0.3 is 0 Å². The van der Waals surface area contributed by atoms with Crippen LogP contribution in [-0.2, 0) is 22.4 Å². The molecular weight excluding hydrogens is 326 g/mol. The summed E-state index contributed by atoms with van der Waals surface area (Å²) in [5.74, 6) is -0.0874. The van der Waals surface area contributed by atoms with Crippen LogP contribution in [0.1, 0.15) is 43.5 Å². The van der Waals surface area contributed by atoms with Crippen LogP contribution in [0.15, 0.2) is 18.2 Å². The Balaban J connectivity index is 1.44. The third-order valence-corrected chi connectivity index (χ3v) is 5.84. The topological polar surface area (TPSA) is 65.2 Å². The zero-order valence-corrected chi connectivity index (χ0v) is 15.8. The van der Waals surface area contributed by atoms with Crippen LogP contribution in [0.4, 0.5) is 0 Å². The maximum atomic E-state index is 12.7. The van der Waals surface area contributed by atoms with Crippen molar-refractivity contribution >= 4 is 22.7 Å². The Morgan fingerprint density at radius 1 is 1.31 bits per heavy atom. The molecule has 2 unspecified atom stereocenters. The van der Waals surface area contributed by atoms with Gasteiger partial charge in [0.05, 0.1) is 5.92 Å². The summed E-state index contributed by atoms with van der Waals surface area (Å²) in [6.07, 6.45) is 3.11. The fourth-order valence-electron chi connectivity index (χ4n) is 4.39. The van der Waals surface area contributed by atoms with Crippen LogP contribution >= 0.6 is 0 Å². The molecule has 0 spiro atoms. The molecule has 2 atom stereocenters. The fraction of sp³-hybridized carbons (Fsp3) is 0.524. The molecule has 2 N–H and O–H groups in total. The Morgan fingerprint density at radius 2 is 2.12 bits per heavy atom. The van der Waals surface area contributed by atoms with Crippen LogP contribution in [0, 0.1) is 12.8 Å². The molecule has 0 bridgehead atoms. The van der Waals surface area contributed by atoms with Crippen molar-refractivity contribution in [2.75, 3.05) is 6.54 Å². The molecule has 0 radical (unpaired) electrons. The number of aryl methyl sites for hydroxylation is 2. The molecule has 1 aliphatic heterocycles. The summed E-state index contributed by atoms with van der Waals surface area (Å²) in [6.45, 7) is 6.66. The van der Waals surface area contributed by atoms with Crippen molar-refractivity contribution in [2.24, 2.45) is 5.92 Å². The van der Waals surface area contributed by atoms with Gasteiger partial charge in [-0.25, -0.2) is 0 Å². The number of aromatic nitrogens is 1. The smallest absolute Gasteiger partial charge is 0.225 e. The van der Waals surface area contributed by atoms with E-state index in [-0.39, 0.29) is 29.8 Å². The van der Waals surface area contributed by atoms with E-state index in [4.69, 9.17) is 0 Å². The lowest BCUT2D eigenvalue weighted by Crippen LogP contribution is -2.43. The normalized spacial score (nSPS) is 22.9. The summed E-state index contributed by atoms with van der Waals surface area (Å²) in [4.78, 5) is 30.1. The minimum atomic E-state index is -0.211. The molecular formula is C21H27N3O2. The zero-order chi connectivity index (χ0) is 18.4. The monoisotopic (exact) mass is 353 g/mol. The summed E-state index contributed by atoms with van der Waals surface area (Å²) in [5, 5.41) is 4.52. The highest BCUT2D eigenvalue weighted by atomic mass is 16.2. The number of carbonyl (C=O) groups is 2. The van der Waals surface area contributed by atoms with Gasteiger partial charge in [-0.05, 0) is 51.3 Å². The molecule has 2 aliphatic rings. The van der Waals surface area contributed by atoms with Crippen molar-refractivity contribution in [3.63, 3.8) is 0 Å². The van der Waals surface area contributed by atoms with E-state index in [2.05, 4.69) is 35.4 Å². The lowest BCUT2D eigenvalue weighted by Gasteiger charge is -2.25. The van der Waals surface area contributed by atoms with Crippen LogP contribution in [0.3, 0.4) is 0 Å². The quantitative estimate of drug-likeness (QED) is 0.891. The van der Waals surface area contributed by atoms with Crippen molar-refractivity contribution in [3.05, 3.63) is 35.0 Å². The largest absolute Gasteiger partial charge is 0.358 e. The standard InChI is InChI=1S/C21H27N3O2/c1-12(2)24-11-14(9-20(24)25)21(26)22-15-5-6-16-17-8-13(3)4-7-18(17)23-19(16)10-15/h4,7-8,12,14-15,23H,5-6,9-11H2,1-3H3,(H,22,26). The molecule has 1 aromatic carbocycles. The highest BCUT2D eigenvalue weighted by Crippen LogP contribution is 2.30. The molecule has 2 aromatic rings. The molecule has 26 heavy (non-hydrogen) atoms. The Kier molecular flexibility index (Phi) is 4.25. The van der Waals surface area contributed by atoms with Crippen LogP contribution in [0.5, 0.6) is 0 Å². The van der Waals surface area contributed by atoms with Crippen molar-refractivity contribution in [1.82, 2.24) is 15.2 Å². The number of amides is 2. The highest BCUT2D eigenvalue weighted by Gasteiger charge is 2.36. The third-order valence-electron chi connectivity index (χ3n) is 5.84. The molecule has 1 aliphatic carbocycles. The van der Waals surface area contributed by atoms with E-state index in [0.29, 0.717) is 13.0 Å². The summed E-state index contributed by atoms with van der Waals surface area (Å²) in [6, 6.07) is 6.82. The minimum absolute atomic E-state index is 0.0295.